The van der Waals surface area contributed by atoms with Crippen molar-refractivity contribution in [3.63, 3.8) is 0 Å². The second kappa shape index (κ2) is 7.18. The van der Waals surface area contributed by atoms with E-state index in [1.54, 1.807) is 19.0 Å². The lowest BCUT2D eigenvalue weighted by Crippen LogP contribution is -2.34. The monoisotopic (exact) mass is 285 g/mol. The van der Waals surface area contributed by atoms with Crippen LogP contribution in [0.4, 0.5) is 0 Å². The highest BCUT2D eigenvalue weighted by Crippen LogP contribution is 2.16. The van der Waals surface area contributed by atoms with Gasteiger partial charge in [-0.15, -0.1) is 0 Å². The van der Waals surface area contributed by atoms with Crippen LogP contribution in [-0.4, -0.2) is 42.5 Å². The molecule has 1 aromatic carbocycles. The number of rotatable bonds is 6. The van der Waals surface area contributed by atoms with Gasteiger partial charge in [0.05, 0.1) is 5.52 Å². The van der Waals surface area contributed by atoms with Crippen LogP contribution in [0.2, 0.25) is 0 Å². The highest BCUT2D eigenvalue weighted by atomic mass is 16.2. The molecule has 0 fully saturated rings. The maximum absolute atomic E-state index is 11.6. The third kappa shape index (κ3) is 4.26. The Kier molecular flexibility index (Phi) is 5.28. The number of nitrogens with one attached hydrogen (secondary N) is 1. The van der Waals surface area contributed by atoms with Gasteiger partial charge < -0.3 is 10.2 Å². The molecule has 2 aromatic rings. The summed E-state index contributed by atoms with van der Waals surface area (Å²) in [5.41, 5.74) is 2.31. The van der Waals surface area contributed by atoms with Crippen LogP contribution in [0.5, 0.6) is 0 Å². The SMILES string of the molecule is CC(CC(=O)N(C)C)NCCc1cccc2cccnc12. The molecule has 21 heavy (non-hydrogen) atoms. The quantitative estimate of drug-likeness (QED) is 0.885. The topological polar surface area (TPSA) is 45.2 Å². The fourth-order valence-corrected chi connectivity index (χ4v) is 2.34. The van der Waals surface area contributed by atoms with Crippen molar-refractivity contribution in [2.75, 3.05) is 20.6 Å². The Morgan fingerprint density at radius 2 is 2.05 bits per heavy atom. The van der Waals surface area contributed by atoms with E-state index in [2.05, 4.69) is 34.6 Å². The molecule has 0 aliphatic heterocycles. The number of amides is 1. The van der Waals surface area contributed by atoms with Crippen molar-refractivity contribution in [3.8, 4) is 0 Å². The van der Waals surface area contributed by atoms with Crippen molar-refractivity contribution in [2.45, 2.75) is 25.8 Å². The van der Waals surface area contributed by atoms with Crippen molar-refractivity contribution in [1.29, 1.82) is 0 Å². The second-order valence-corrected chi connectivity index (χ2v) is 5.59. The molecule has 0 spiro atoms. The number of benzene rings is 1. The molecule has 4 heteroatoms. The lowest BCUT2D eigenvalue weighted by atomic mass is 10.1. The summed E-state index contributed by atoms with van der Waals surface area (Å²) in [6.07, 6.45) is 3.27. The molecule has 0 aliphatic rings. The highest BCUT2D eigenvalue weighted by Gasteiger charge is 2.10. The number of aromatic nitrogens is 1. The van der Waals surface area contributed by atoms with Gasteiger partial charge in [0.2, 0.25) is 5.91 Å². The van der Waals surface area contributed by atoms with Gasteiger partial charge in [-0.2, -0.15) is 0 Å². The van der Waals surface area contributed by atoms with Gasteiger partial charge in [-0.05, 0) is 31.5 Å². The van der Waals surface area contributed by atoms with Crippen molar-refractivity contribution < 1.29 is 4.79 Å². The molecule has 0 saturated carbocycles. The molecule has 1 unspecified atom stereocenters. The van der Waals surface area contributed by atoms with Gasteiger partial charge in [-0.1, -0.05) is 24.3 Å². The normalized spacial score (nSPS) is 12.3. The van der Waals surface area contributed by atoms with E-state index >= 15 is 0 Å². The molecule has 4 nitrogen and oxygen atoms in total. The van der Waals surface area contributed by atoms with E-state index < -0.39 is 0 Å². The number of pyridine rings is 1. The zero-order valence-electron chi connectivity index (χ0n) is 13.0. The lowest BCUT2D eigenvalue weighted by Gasteiger charge is -2.16. The second-order valence-electron chi connectivity index (χ2n) is 5.59. The highest BCUT2D eigenvalue weighted by molar-refractivity contribution is 5.81. The third-order valence-corrected chi connectivity index (χ3v) is 3.58. The molecular weight excluding hydrogens is 262 g/mol. The van der Waals surface area contributed by atoms with Gasteiger partial charge in [0.15, 0.2) is 0 Å². The predicted molar refractivity (Wildman–Crippen MR) is 86.2 cm³/mol. The van der Waals surface area contributed by atoms with Crippen molar-refractivity contribution >= 4 is 16.8 Å². The van der Waals surface area contributed by atoms with Crippen LogP contribution < -0.4 is 5.32 Å². The first-order valence-corrected chi connectivity index (χ1v) is 7.34. The third-order valence-electron chi connectivity index (χ3n) is 3.58. The van der Waals surface area contributed by atoms with Crippen LogP contribution in [0, 0.1) is 0 Å². The molecule has 1 aromatic heterocycles. The van der Waals surface area contributed by atoms with Crippen molar-refractivity contribution in [3.05, 3.63) is 42.1 Å². The van der Waals surface area contributed by atoms with E-state index in [0.29, 0.717) is 6.42 Å². The van der Waals surface area contributed by atoms with Crippen molar-refractivity contribution in [2.24, 2.45) is 0 Å². The zero-order chi connectivity index (χ0) is 15.2. The van der Waals surface area contributed by atoms with Gasteiger partial charge in [0.1, 0.15) is 0 Å². The van der Waals surface area contributed by atoms with Crippen LogP contribution in [0.25, 0.3) is 10.9 Å². The maximum Gasteiger partial charge on any atom is 0.223 e. The molecule has 1 amide bonds. The minimum atomic E-state index is 0.154. The van der Waals surface area contributed by atoms with Gasteiger partial charge in [-0.25, -0.2) is 0 Å². The lowest BCUT2D eigenvalue weighted by molar-refractivity contribution is -0.129. The Hall–Kier alpha value is -1.94. The summed E-state index contributed by atoms with van der Waals surface area (Å²) in [5, 5.41) is 4.58. The van der Waals surface area contributed by atoms with E-state index in [-0.39, 0.29) is 11.9 Å². The van der Waals surface area contributed by atoms with Crippen LogP contribution in [0.1, 0.15) is 18.9 Å². The predicted octanol–water partition coefficient (Wildman–Crippen LogP) is 2.23. The number of nitrogens with zero attached hydrogens (tertiary/aromatic N) is 2. The Morgan fingerprint density at radius 3 is 2.81 bits per heavy atom. The first kappa shape index (κ1) is 15.4. The molecule has 1 N–H and O–H groups in total. The van der Waals surface area contributed by atoms with Gasteiger partial charge in [0.25, 0.3) is 0 Å². The summed E-state index contributed by atoms with van der Waals surface area (Å²) in [7, 11) is 3.58. The van der Waals surface area contributed by atoms with Crippen LogP contribution >= 0.6 is 0 Å². The summed E-state index contributed by atoms with van der Waals surface area (Å²) < 4.78 is 0. The first-order valence-electron chi connectivity index (χ1n) is 7.34. The van der Waals surface area contributed by atoms with Gasteiger partial charge in [-0.3, -0.25) is 9.78 Å². The summed E-state index contributed by atoms with van der Waals surface area (Å²) in [6, 6.07) is 10.5. The largest absolute Gasteiger partial charge is 0.349 e. The zero-order valence-corrected chi connectivity index (χ0v) is 13.0. The maximum atomic E-state index is 11.6. The van der Waals surface area contributed by atoms with E-state index in [1.165, 1.54) is 10.9 Å². The van der Waals surface area contributed by atoms with E-state index in [4.69, 9.17) is 0 Å². The van der Waals surface area contributed by atoms with Crippen LogP contribution in [0.15, 0.2) is 36.5 Å². The average molecular weight is 285 g/mol. The molecular formula is C17H23N3O. The fraction of sp³-hybridized carbons (Fsp3) is 0.412. The number of carbonyl (C=O) groups excluding carboxylic acids is 1. The number of para-hydroxylation sites is 1. The molecule has 112 valence electrons. The Morgan fingerprint density at radius 1 is 1.29 bits per heavy atom. The minimum Gasteiger partial charge on any atom is -0.349 e. The molecule has 2 rings (SSSR count). The Bertz CT molecular complexity index is 605. The summed E-state index contributed by atoms with van der Waals surface area (Å²) in [5.74, 6) is 0.154. The molecule has 1 heterocycles. The summed E-state index contributed by atoms with van der Waals surface area (Å²) in [6.45, 7) is 2.89. The Labute approximate surface area is 126 Å². The molecule has 0 radical (unpaired) electrons. The number of hydrogen-bond acceptors (Lipinski definition) is 3. The smallest absolute Gasteiger partial charge is 0.223 e. The summed E-state index contributed by atoms with van der Waals surface area (Å²) >= 11 is 0. The van der Waals surface area contributed by atoms with Gasteiger partial charge in [0, 0.05) is 38.1 Å². The molecule has 1 atom stereocenters. The molecule has 0 bridgehead atoms. The number of carbonyl (C=O) groups is 1. The van der Waals surface area contributed by atoms with E-state index in [9.17, 15) is 4.79 Å². The minimum absolute atomic E-state index is 0.154. The van der Waals surface area contributed by atoms with E-state index in [1.807, 2.05) is 19.2 Å². The molecule has 0 aliphatic carbocycles. The first-order chi connectivity index (χ1) is 10.1. The molecule has 0 saturated heterocycles. The van der Waals surface area contributed by atoms with Crippen LogP contribution in [-0.2, 0) is 11.2 Å². The van der Waals surface area contributed by atoms with Crippen molar-refractivity contribution in [1.82, 2.24) is 15.2 Å². The standard InChI is InChI=1S/C17H23N3O/c1-13(12-16(21)20(2)3)18-11-9-15-7-4-6-14-8-5-10-19-17(14)15/h4-8,10,13,18H,9,11-12H2,1-3H3. The van der Waals surface area contributed by atoms with E-state index in [0.717, 1.165) is 18.5 Å². The number of hydrogen-bond donors (Lipinski definition) is 1. The van der Waals surface area contributed by atoms with Gasteiger partial charge >= 0.3 is 0 Å². The fourth-order valence-electron chi connectivity index (χ4n) is 2.34. The van der Waals surface area contributed by atoms with Crippen LogP contribution in [0.3, 0.4) is 0 Å². The number of fused-ring (bicyclic) bond motifs is 1. The average Bonchev–Trinajstić information content (AvgIpc) is 2.47. The summed E-state index contributed by atoms with van der Waals surface area (Å²) in [4.78, 5) is 17.7. The Balaban J connectivity index is 1.89.